The van der Waals surface area contributed by atoms with Crippen LogP contribution in [-0.4, -0.2) is 57.1 Å². The van der Waals surface area contributed by atoms with Crippen LogP contribution in [0.1, 0.15) is 45.7 Å². The number of carbonyl (C=O) groups is 4. The molecule has 1 rings (SSSR count). The van der Waals surface area contributed by atoms with Crippen molar-refractivity contribution >= 4 is 23.9 Å². The van der Waals surface area contributed by atoms with Crippen LogP contribution in [0.4, 0.5) is 4.79 Å². The number of carboxylic acid groups (broad SMARTS) is 1. The summed E-state index contributed by atoms with van der Waals surface area (Å²) in [4.78, 5) is 53.6. The molecule has 31 heavy (non-hydrogen) atoms. The van der Waals surface area contributed by atoms with Crippen molar-refractivity contribution in [2.45, 2.75) is 58.2 Å². The SMILES string of the molecule is CC(C)(C)OC(=O)N(C(=O)/C=C/C(=O)NCc1ccccn1)[C@@H](CCCCN)C(=O)O. The number of nitrogens with two attached hydrogens (primary N) is 1. The van der Waals surface area contributed by atoms with Crippen molar-refractivity contribution < 1.29 is 29.0 Å². The number of nitrogens with one attached hydrogen (secondary N) is 1. The third-order valence-corrected chi connectivity index (χ3v) is 3.90. The molecule has 1 aromatic heterocycles. The number of hydrogen-bond donors (Lipinski definition) is 3. The Morgan fingerprint density at radius 2 is 1.94 bits per heavy atom. The lowest BCUT2D eigenvalue weighted by Crippen LogP contribution is -2.50. The highest BCUT2D eigenvalue weighted by molar-refractivity contribution is 6.04. The first-order chi connectivity index (χ1) is 14.5. The summed E-state index contributed by atoms with van der Waals surface area (Å²) in [5.41, 5.74) is 5.12. The van der Waals surface area contributed by atoms with Gasteiger partial charge in [-0.1, -0.05) is 6.07 Å². The first-order valence-corrected chi connectivity index (χ1v) is 9.90. The molecule has 0 aliphatic carbocycles. The molecule has 10 heteroatoms. The number of carbonyl (C=O) groups excluding carboxylic acids is 3. The molecule has 0 saturated heterocycles. The molecule has 3 amide bonds. The van der Waals surface area contributed by atoms with Crippen LogP contribution < -0.4 is 11.1 Å². The summed E-state index contributed by atoms with van der Waals surface area (Å²) in [6.45, 7) is 5.28. The van der Waals surface area contributed by atoms with Crippen LogP contribution in [0.25, 0.3) is 0 Å². The van der Waals surface area contributed by atoms with Crippen molar-refractivity contribution in [1.29, 1.82) is 0 Å². The highest BCUT2D eigenvalue weighted by atomic mass is 16.6. The van der Waals surface area contributed by atoms with Crippen LogP contribution in [-0.2, 0) is 25.7 Å². The molecule has 1 aromatic rings. The van der Waals surface area contributed by atoms with E-state index in [0.717, 1.165) is 12.2 Å². The number of amides is 3. The fourth-order valence-corrected chi connectivity index (χ4v) is 2.49. The Bertz CT molecular complexity index is 789. The largest absolute Gasteiger partial charge is 0.480 e. The zero-order valence-corrected chi connectivity index (χ0v) is 18.0. The maximum absolute atomic E-state index is 12.7. The standard InChI is InChI=1S/C21H30N4O6/c1-21(2,3)31-20(30)25(16(19(28)29)9-4-6-12-22)18(27)11-10-17(26)24-14-15-8-5-7-13-23-15/h5,7-8,10-11,13,16H,4,6,9,12,14,22H2,1-3H3,(H,24,26)(H,28,29)/b11-10+/t16-/m0/s1. The van der Waals surface area contributed by atoms with Gasteiger partial charge in [0.25, 0.3) is 5.91 Å². The predicted octanol–water partition coefficient (Wildman–Crippen LogP) is 1.60. The first-order valence-electron chi connectivity index (χ1n) is 9.90. The fraction of sp³-hybridized carbons (Fsp3) is 0.476. The molecule has 1 heterocycles. The van der Waals surface area contributed by atoms with Crippen LogP contribution in [0.3, 0.4) is 0 Å². The summed E-state index contributed by atoms with van der Waals surface area (Å²) in [6, 6.07) is 3.78. The van der Waals surface area contributed by atoms with Gasteiger partial charge >= 0.3 is 12.1 Å². The number of carboxylic acids is 1. The van der Waals surface area contributed by atoms with Crippen LogP contribution in [0.15, 0.2) is 36.5 Å². The highest BCUT2D eigenvalue weighted by Crippen LogP contribution is 2.16. The zero-order chi connectivity index (χ0) is 23.4. The van der Waals surface area contributed by atoms with Gasteiger partial charge in [-0.3, -0.25) is 14.6 Å². The normalized spacial score (nSPS) is 12.3. The third-order valence-electron chi connectivity index (χ3n) is 3.90. The van der Waals surface area contributed by atoms with Crippen LogP contribution in [0.2, 0.25) is 0 Å². The molecule has 4 N–H and O–H groups in total. The lowest BCUT2D eigenvalue weighted by molar-refractivity contribution is -0.148. The smallest absolute Gasteiger partial charge is 0.418 e. The summed E-state index contributed by atoms with van der Waals surface area (Å²) in [5.74, 6) is -2.93. The van der Waals surface area contributed by atoms with Crippen LogP contribution in [0.5, 0.6) is 0 Å². The van der Waals surface area contributed by atoms with E-state index in [4.69, 9.17) is 10.5 Å². The number of rotatable bonds is 10. The average molecular weight is 434 g/mol. The van der Waals surface area contributed by atoms with Crippen molar-refractivity contribution in [3.05, 3.63) is 42.2 Å². The Hall–Kier alpha value is -3.27. The van der Waals surface area contributed by atoms with E-state index in [2.05, 4.69) is 10.3 Å². The lowest BCUT2D eigenvalue weighted by Gasteiger charge is -2.29. The summed E-state index contributed by atoms with van der Waals surface area (Å²) in [7, 11) is 0. The number of unbranched alkanes of at least 4 members (excludes halogenated alkanes) is 1. The van der Waals surface area contributed by atoms with Crippen molar-refractivity contribution in [3.63, 3.8) is 0 Å². The summed E-state index contributed by atoms with van der Waals surface area (Å²) >= 11 is 0. The molecule has 0 radical (unpaired) electrons. The highest BCUT2D eigenvalue weighted by Gasteiger charge is 2.36. The minimum Gasteiger partial charge on any atom is -0.480 e. The summed E-state index contributed by atoms with van der Waals surface area (Å²) in [6.07, 6.45) is 3.20. The molecule has 0 aromatic carbocycles. The molecular formula is C21H30N4O6. The van der Waals surface area contributed by atoms with Gasteiger partial charge in [-0.15, -0.1) is 0 Å². The number of hydrogen-bond acceptors (Lipinski definition) is 7. The lowest BCUT2D eigenvalue weighted by atomic mass is 10.1. The monoisotopic (exact) mass is 434 g/mol. The van der Waals surface area contributed by atoms with Gasteiger partial charge in [-0.05, 0) is 58.7 Å². The Morgan fingerprint density at radius 3 is 2.48 bits per heavy atom. The molecule has 10 nitrogen and oxygen atoms in total. The Labute approximate surface area is 181 Å². The van der Waals surface area contributed by atoms with Crippen molar-refractivity contribution in [2.75, 3.05) is 6.54 Å². The van der Waals surface area contributed by atoms with Crippen LogP contribution >= 0.6 is 0 Å². The minimum atomic E-state index is -1.45. The van der Waals surface area contributed by atoms with E-state index in [9.17, 15) is 24.3 Å². The molecule has 0 fully saturated rings. The summed E-state index contributed by atoms with van der Waals surface area (Å²) in [5, 5.41) is 12.1. The number of nitrogens with zero attached hydrogens (tertiary/aromatic N) is 2. The van der Waals surface area contributed by atoms with Crippen molar-refractivity contribution in [3.8, 4) is 0 Å². The van der Waals surface area contributed by atoms with Gasteiger partial charge in [-0.2, -0.15) is 0 Å². The number of pyridine rings is 1. The van der Waals surface area contributed by atoms with E-state index in [1.807, 2.05) is 0 Å². The number of imide groups is 1. The average Bonchev–Trinajstić information content (AvgIpc) is 2.69. The van der Waals surface area contributed by atoms with Crippen molar-refractivity contribution in [2.24, 2.45) is 5.73 Å². The summed E-state index contributed by atoms with van der Waals surface area (Å²) < 4.78 is 5.21. The van der Waals surface area contributed by atoms with Gasteiger partial charge in [0, 0.05) is 18.3 Å². The van der Waals surface area contributed by atoms with Crippen LogP contribution in [0, 0.1) is 0 Å². The molecule has 0 bridgehead atoms. The van der Waals surface area contributed by atoms with E-state index in [0.29, 0.717) is 30.0 Å². The number of ether oxygens (including phenoxy) is 1. The minimum absolute atomic E-state index is 0.0111. The fourth-order valence-electron chi connectivity index (χ4n) is 2.49. The molecule has 0 spiro atoms. The molecule has 0 unspecified atom stereocenters. The van der Waals surface area contributed by atoms with Gasteiger partial charge in [0.1, 0.15) is 11.6 Å². The molecular weight excluding hydrogens is 404 g/mol. The van der Waals surface area contributed by atoms with Gasteiger partial charge in [0.2, 0.25) is 5.91 Å². The maximum Gasteiger partial charge on any atom is 0.418 e. The van der Waals surface area contributed by atoms with E-state index in [1.54, 1.807) is 45.2 Å². The molecule has 0 aliphatic heterocycles. The van der Waals surface area contributed by atoms with E-state index in [-0.39, 0.29) is 13.0 Å². The Kier molecular flexibility index (Phi) is 10.3. The molecule has 0 saturated carbocycles. The quantitative estimate of drug-likeness (QED) is 0.371. The topological polar surface area (TPSA) is 152 Å². The van der Waals surface area contributed by atoms with E-state index >= 15 is 0 Å². The molecule has 170 valence electrons. The van der Waals surface area contributed by atoms with Gasteiger partial charge < -0.3 is 20.9 Å². The second kappa shape index (κ2) is 12.4. The zero-order valence-electron chi connectivity index (χ0n) is 18.0. The van der Waals surface area contributed by atoms with Gasteiger partial charge in [0.05, 0.1) is 12.2 Å². The maximum atomic E-state index is 12.7. The predicted molar refractivity (Wildman–Crippen MR) is 113 cm³/mol. The van der Waals surface area contributed by atoms with E-state index < -0.39 is 35.5 Å². The third kappa shape index (κ3) is 9.85. The number of aliphatic carboxylic acids is 1. The van der Waals surface area contributed by atoms with Gasteiger partial charge in [-0.25, -0.2) is 14.5 Å². The second-order valence-electron chi connectivity index (χ2n) is 7.70. The molecule has 0 aliphatic rings. The van der Waals surface area contributed by atoms with Crippen molar-refractivity contribution in [1.82, 2.24) is 15.2 Å². The first kappa shape index (κ1) is 25.8. The van der Waals surface area contributed by atoms with Gasteiger partial charge in [0.15, 0.2) is 0 Å². The Balaban J connectivity index is 2.94. The second-order valence-corrected chi connectivity index (χ2v) is 7.70. The van der Waals surface area contributed by atoms with E-state index in [1.165, 1.54) is 0 Å². The number of aromatic nitrogens is 1. The molecule has 1 atom stereocenters. The Morgan fingerprint density at radius 1 is 1.23 bits per heavy atom.